The number of nitrogens with zero attached hydrogens (tertiary/aromatic N) is 1. The summed E-state index contributed by atoms with van der Waals surface area (Å²) in [5.41, 5.74) is 1.89. The van der Waals surface area contributed by atoms with E-state index in [0.717, 1.165) is 12.1 Å². The van der Waals surface area contributed by atoms with Crippen LogP contribution in [0.25, 0.3) is 10.2 Å². The zero-order valence-electron chi connectivity index (χ0n) is 7.30. The van der Waals surface area contributed by atoms with E-state index < -0.39 is 11.7 Å². The van der Waals surface area contributed by atoms with Crippen LogP contribution >= 0.6 is 11.3 Å². The van der Waals surface area contributed by atoms with Crippen molar-refractivity contribution in [2.75, 3.05) is 5.43 Å². The third-order valence-corrected chi connectivity index (χ3v) is 2.81. The van der Waals surface area contributed by atoms with Gasteiger partial charge in [0.2, 0.25) is 0 Å². The predicted octanol–water partition coefficient (Wildman–Crippen LogP) is 2.60. The number of aromatic nitrogens is 1. The zero-order valence-corrected chi connectivity index (χ0v) is 8.12. The van der Waals surface area contributed by atoms with Gasteiger partial charge in [-0.15, -0.1) is 0 Å². The summed E-state index contributed by atoms with van der Waals surface area (Å²) < 4.78 is 37.7. The van der Waals surface area contributed by atoms with Crippen molar-refractivity contribution in [2.45, 2.75) is 6.18 Å². The minimum Gasteiger partial charge on any atom is -0.300 e. The Morgan fingerprint density at radius 2 is 2.07 bits per heavy atom. The third-order valence-electron chi connectivity index (χ3n) is 1.84. The number of fused-ring (bicyclic) bond motifs is 1. The van der Waals surface area contributed by atoms with Crippen LogP contribution in [0.5, 0.6) is 0 Å². The van der Waals surface area contributed by atoms with E-state index in [0.29, 0.717) is 15.3 Å². The number of nitrogens with one attached hydrogen (secondary N) is 1. The highest BCUT2D eigenvalue weighted by Gasteiger charge is 2.30. The van der Waals surface area contributed by atoms with Crippen molar-refractivity contribution in [2.24, 2.45) is 5.84 Å². The number of alkyl halides is 3. The van der Waals surface area contributed by atoms with E-state index in [9.17, 15) is 13.2 Å². The summed E-state index contributed by atoms with van der Waals surface area (Å²) in [7, 11) is 0. The monoisotopic (exact) mass is 233 g/mol. The number of nitrogens with two attached hydrogens (primary N) is 1. The fourth-order valence-electron chi connectivity index (χ4n) is 1.17. The SMILES string of the molecule is NNc1nc2cc(C(F)(F)F)ccc2s1. The Hall–Kier alpha value is -1.34. The molecule has 3 N–H and O–H groups in total. The van der Waals surface area contributed by atoms with Gasteiger partial charge in [-0.2, -0.15) is 13.2 Å². The van der Waals surface area contributed by atoms with Crippen LogP contribution in [-0.2, 0) is 6.18 Å². The second kappa shape index (κ2) is 3.35. The van der Waals surface area contributed by atoms with Crippen molar-refractivity contribution in [3.05, 3.63) is 23.8 Å². The molecule has 0 saturated heterocycles. The number of thiazole rings is 1. The Morgan fingerprint density at radius 3 is 2.67 bits per heavy atom. The van der Waals surface area contributed by atoms with Gasteiger partial charge < -0.3 is 0 Å². The summed E-state index contributed by atoms with van der Waals surface area (Å²) in [6, 6.07) is 3.42. The molecule has 2 rings (SSSR count). The molecular weight excluding hydrogens is 227 g/mol. The molecule has 15 heavy (non-hydrogen) atoms. The van der Waals surface area contributed by atoms with E-state index in [-0.39, 0.29) is 0 Å². The van der Waals surface area contributed by atoms with Gasteiger partial charge in [-0.05, 0) is 18.2 Å². The zero-order chi connectivity index (χ0) is 11.1. The molecule has 0 fully saturated rings. The molecule has 3 nitrogen and oxygen atoms in total. The predicted molar refractivity (Wildman–Crippen MR) is 52.4 cm³/mol. The Balaban J connectivity index is 2.55. The lowest BCUT2D eigenvalue weighted by atomic mass is 10.2. The number of nitrogen functional groups attached to an aromatic ring is 1. The van der Waals surface area contributed by atoms with Gasteiger partial charge in [-0.3, -0.25) is 5.43 Å². The summed E-state index contributed by atoms with van der Waals surface area (Å²) in [6.45, 7) is 0. The summed E-state index contributed by atoms with van der Waals surface area (Å²) in [5, 5.41) is 0.393. The molecule has 0 amide bonds. The second-order valence-corrected chi connectivity index (χ2v) is 3.87. The summed E-state index contributed by atoms with van der Waals surface area (Å²) >= 11 is 1.20. The number of hydrazine groups is 1. The van der Waals surface area contributed by atoms with Gasteiger partial charge in [0.05, 0.1) is 15.8 Å². The molecule has 0 atom stereocenters. The van der Waals surface area contributed by atoms with E-state index in [1.807, 2.05) is 0 Å². The molecule has 0 spiro atoms. The molecule has 0 aliphatic rings. The van der Waals surface area contributed by atoms with E-state index in [4.69, 9.17) is 5.84 Å². The highest BCUT2D eigenvalue weighted by Crippen LogP contribution is 2.33. The number of hydrogen-bond acceptors (Lipinski definition) is 4. The Kier molecular flexibility index (Phi) is 2.28. The van der Waals surface area contributed by atoms with E-state index in [1.54, 1.807) is 0 Å². The molecule has 0 saturated carbocycles. The largest absolute Gasteiger partial charge is 0.416 e. The molecule has 1 aromatic carbocycles. The van der Waals surface area contributed by atoms with Crippen LogP contribution < -0.4 is 11.3 Å². The fourth-order valence-corrected chi connectivity index (χ4v) is 1.92. The van der Waals surface area contributed by atoms with Crippen LogP contribution in [0.3, 0.4) is 0 Å². The van der Waals surface area contributed by atoms with Gasteiger partial charge in [0.25, 0.3) is 0 Å². The lowest BCUT2D eigenvalue weighted by Gasteiger charge is -2.04. The molecule has 2 aromatic rings. The van der Waals surface area contributed by atoms with E-state index >= 15 is 0 Å². The van der Waals surface area contributed by atoms with Gasteiger partial charge >= 0.3 is 6.18 Å². The van der Waals surface area contributed by atoms with Crippen LogP contribution in [0.15, 0.2) is 18.2 Å². The maximum atomic E-state index is 12.3. The Labute approximate surface area is 86.7 Å². The topological polar surface area (TPSA) is 50.9 Å². The van der Waals surface area contributed by atoms with Crippen molar-refractivity contribution < 1.29 is 13.2 Å². The molecule has 80 valence electrons. The van der Waals surface area contributed by atoms with Crippen molar-refractivity contribution in [1.29, 1.82) is 0 Å². The lowest BCUT2D eigenvalue weighted by Crippen LogP contribution is -2.05. The number of rotatable bonds is 1. The molecule has 1 aromatic heterocycles. The smallest absolute Gasteiger partial charge is 0.300 e. The van der Waals surface area contributed by atoms with Crippen molar-refractivity contribution >= 4 is 26.7 Å². The van der Waals surface area contributed by atoms with Crippen LogP contribution in [0.1, 0.15) is 5.56 Å². The fraction of sp³-hybridized carbons (Fsp3) is 0.125. The van der Waals surface area contributed by atoms with E-state index in [2.05, 4.69) is 10.4 Å². The highest BCUT2D eigenvalue weighted by molar-refractivity contribution is 7.22. The van der Waals surface area contributed by atoms with Crippen LogP contribution in [0, 0.1) is 0 Å². The van der Waals surface area contributed by atoms with Gasteiger partial charge in [0.1, 0.15) is 0 Å². The molecule has 0 aliphatic carbocycles. The van der Waals surface area contributed by atoms with Gasteiger partial charge in [0.15, 0.2) is 5.13 Å². The summed E-state index contributed by atoms with van der Waals surface area (Å²) in [6.07, 6.45) is -4.34. The highest BCUT2D eigenvalue weighted by atomic mass is 32.1. The quantitative estimate of drug-likeness (QED) is 0.588. The molecule has 0 bridgehead atoms. The van der Waals surface area contributed by atoms with Crippen LogP contribution in [-0.4, -0.2) is 4.98 Å². The average molecular weight is 233 g/mol. The number of halogens is 3. The van der Waals surface area contributed by atoms with Crippen molar-refractivity contribution in [1.82, 2.24) is 4.98 Å². The summed E-state index contributed by atoms with van der Waals surface area (Å²) in [4.78, 5) is 3.89. The minimum absolute atomic E-state index is 0.294. The summed E-state index contributed by atoms with van der Waals surface area (Å²) in [5.74, 6) is 5.11. The first-order chi connectivity index (χ1) is 7.00. The Morgan fingerprint density at radius 1 is 1.33 bits per heavy atom. The molecule has 1 heterocycles. The Bertz CT molecular complexity index is 491. The normalized spacial score (nSPS) is 12.0. The first kappa shape index (κ1) is 10.2. The van der Waals surface area contributed by atoms with Crippen LogP contribution in [0.2, 0.25) is 0 Å². The molecule has 7 heteroatoms. The van der Waals surface area contributed by atoms with Gasteiger partial charge in [-0.1, -0.05) is 11.3 Å². The average Bonchev–Trinajstić information content (AvgIpc) is 2.57. The number of hydrogen-bond donors (Lipinski definition) is 2. The minimum atomic E-state index is -4.34. The van der Waals surface area contributed by atoms with E-state index in [1.165, 1.54) is 17.4 Å². The lowest BCUT2D eigenvalue weighted by molar-refractivity contribution is -0.137. The maximum absolute atomic E-state index is 12.3. The van der Waals surface area contributed by atoms with Crippen LogP contribution in [0.4, 0.5) is 18.3 Å². The molecule has 0 unspecified atom stereocenters. The first-order valence-corrected chi connectivity index (χ1v) is 4.77. The van der Waals surface area contributed by atoms with Crippen molar-refractivity contribution in [3.8, 4) is 0 Å². The number of benzene rings is 1. The molecule has 0 radical (unpaired) electrons. The van der Waals surface area contributed by atoms with Gasteiger partial charge in [-0.25, -0.2) is 10.8 Å². The standard InChI is InChI=1S/C8H6F3N3S/c9-8(10,11)4-1-2-6-5(3-4)13-7(14-12)15-6/h1-3H,12H2,(H,13,14). The second-order valence-electron chi connectivity index (χ2n) is 2.84. The molecular formula is C8H6F3N3S. The van der Waals surface area contributed by atoms with Gasteiger partial charge in [0, 0.05) is 0 Å². The maximum Gasteiger partial charge on any atom is 0.416 e. The first-order valence-electron chi connectivity index (χ1n) is 3.95. The number of anilines is 1. The third kappa shape index (κ3) is 1.88. The molecule has 0 aliphatic heterocycles. The van der Waals surface area contributed by atoms with Crippen molar-refractivity contribution in [3.63, 3.8) is 0 Å².